The summed E-state index contributed by atoms with van der Waals surface area (Å²) in [6.45, 7) is 4.21. The van der Waals surface area contributed by atoms with E-state index in [1.54, 1.807) is 6.07 Å². The van der Waals surface area contributed by atoms with Crippen molar-refractivity contribution in [3.8, 4) is 0 Å². The monoisotopic (exact) mass is 293 g/mol. The van der Waals surface area contributed by atoms with Gasteiger partial charge in [0, 0.05) is 10.0 Å². The third-order valence-corrected chi connectivity index (χ3v) is 3.70. The Kier molecular flexibility index (Phi) is 4.51. The van der Waals surface area contributed by atoms with Crippen LogP contribution in [0.25, 0.3) is 0 Å². The topological polar surface area (TPSA) is 12.0 Å². The molecule has 0 aliphatic carbocycles. The highest BCUT2D eigenvalue weighted by molar-refractivity contribution is 6.35. The molecule has 1 N–H and O–H groups in total. The van der Waals surface area contributed by atoms with E-state index in [-0.39, 0.29) is 6.04 Å². The molecule has 0 heterocycles. The van der Waals surface area contributed by atoms with Crippen LogP contribution in [-0.4, -0.2) is 7.05 Å². The lowest BCUT2D eigenvalue weighted by atomic mass is 9.96. The van der Waals surface area contributed by atoms with Crippen LogP contribution in [0, 0.1) is 13.8 Å². The van der Waals surface area contributed by atoms with E-state index in [1.807, 2.05) is 19.2 Å². The van der Waals surface area contributed by atoms with E-state index in [1.165, 1.54) is 16.7 Å². The third kappa shape index (κ3) is 3.30. The molecule has 0 radical (unpaired) electrons. The van der Waals surface area contributed by atoms with Crippen molar-refractivity contribution in [1.29, 1.82) is 0 Å². The Labute approximate surface area is 124 Å². The van der Waals surface area contributed by atoms with Crippen LogP contribution in [0.1, 0.15) is 28.3 Å². The smallest absolute Gasteiger partial charge is 0.0589 e. The Balaban J connectivity index is 2.49. The lowest BCUT2D eigenvalue weighted by Gasteiger charge is -2.20. The number of halogens is 2. The molecule has 0 saturated heterocycles. The van der Waals surface area contributed by atoms with Gasteiger partial charge >= 0.3 is 0 Å². The lowest BCUT2D eigenvalue weighted by molar-refractivity contribution is 0.691. The normalized spacial score (nSPS) is 12.5. The van der Waals surface area contributed by atoms with Crippen molar-refractivity contribution in [3.05, 3.63) is 68.7 Å². The van der Waals surface area contributed by atoms with Crippen LogP contribution in [0.5, 0.6) is 0 Å². The second-order valence-electron chi connectivity index (χ2n) is 4.81. The van der Waals surface area contributed by atoms with Crippen LogP contribution in [0.4, 0.5) is 0 Å². The molecule has 2 aromatic rings. The zero-order chi connectivity index (χ0) is 14.0. The maximum absolute atomic E-state index is 6.31. The average molecular weight is 294 g/mol. The highest BCUT2D eigenvalue weighted by Gasteiger charge is 2.15. The van der Waals surface area contributed by atoms with Crippen molar-refractivity contribution in [1.82, 2.24) is 5.32 Å². The zero-order valence-electron chi connectivity index (χ0n) is 11.3. The molecule has 1 unspecified atom stereocenters. The molecule has 0 aliphatic heterocycles. The molecule has 2 aromatic carbocycles. The summed E-state index contributed by atoms with van der Waals surface area (Å²) in [5.74, 6) is 0. The summed E-state index contributed by atoms with van der Waals surface area (Å²) in [5, 5.41) is 4.66. The largest absolute Gasteiger partial charge is 0.309 e. The Morgan fingerprint density at radius 2 is 1.58 bits per heavy atom. The molecule has 0 aliphatic rings. The molecule has 19 heavy (non-hydrogen) atoms. The maximum atomic E-state index is 6.31. The molecule has 1 nitrogen and oxygen atoms in total. The van der Waals surface area contributed by atoms with Crippen LogP contribution in [-0.2, 0) is 0 Å². The van der Waals surface area contributed by atoms with Gasteiger partial charge in [0.1, 0.15) is 0 Å². The van der Waals surface area contributed by atoms with Gasteiger partial charge in [0.15, 0.2) is 0 Å². The van der Waals surface area contributed by atoms with Gasteiger partial charge in [-0.2, -0.15) is 0 Å². The van der Waals surface area contributed by atoms with Crippen LogP contribution in [0.3, 0.4) is 0 Å². The van der Waals surface area contributed by atoms with Crippen molar-refractivity contribution in [3.63, 3.8) is 0 Å². The van der Waals surface area contributed by atoms with Gasteiger partial charge in [-0.25, -0.2) is 0 Å². The highest BCUT2D eigenvalue weighted by Crippen LogP contribution is 2.31. The van der Waals surface area contributed by atoms with Gasteiger partial charge in [-0.1, -0.05) is 58.6 Å². The predicted octanol–water partition coefficient (Wildman–Crippen LogP) is 4.92. The molecule has 2 rings (SSSR count). The number of benzene rings is 2. The van der Waals surface area contributed by atoms with E-state index in [2.05, 4.69) is 37.4 Å². The molecule has 0 saturated carbocycles. The Hall–Kier alpha value is -1.02. The van der Waals surface area contributed by atoms with E-state index >= 15 is 0 Å². The van der Waals surface area contributed by atoms with Crippen LogP contribution in [0.15, 0.2) is 36.4 Å². The number of hydrogen-bond donors (Lipinski definition) is 1. The number of nitrogens with one attached hydrogen (secondary N) is 1. The Morgan fingerprint density at radius 3 is 2.11 bits per heavy atom. The van der Waals surface area contributed by atoms with Gasteiger partial charge < -0.3 is 5.32 Å². The lowest BCUT2D eigenvalue weighted by Crippen LogP contribution is -2.18. The quantitative estimate of drug-likeness (QED) is 0.847. The summed E-state index contributed by atoms with van der Waals surface area (Å²) in [6, 6.07) is 12.2. The summed E-state index contributed by atoms with van der Waals surface area (Å²) in [4.78, 5) is 0. The third-order valence-electron chi connectivity index (χ3n) is 3.14. The molecule has 0 amide bonds. The summed E-state index contributed by atoms with van der Waals surface area (Å²) in [5.41, 5.74) is 4.75. The van der Waals surface area contributed by atoms with Gasteiger partial charge in [0.05, 0.1) is 6.04 Å². The van der Waals surface area contributed by atoms with E-state index in [0.29, 0.717) is 10.0 Å². The first-order valence-electron chi connectivity index (χ1n) is 6.21. The number of rotatable bonds is 3. The first-order valence-corrected chi connectivity index (χ1v) is 6.97. The fourth-order valence-corrected chi connectivity index (χ4v) is 2.93. The van der Waals surface area contributed by atoms with E-state index < -0.39 is 0 Å². The zero-order valence-corrected chi connectivity index (χ0v) is 12.8. The molecule has 3 heteroatoms. The van der Waals surface area contributed by atoms with Gasteiger partial charge in [-0.3, -0.25) is 0 Å². The van der Waals surface area contributed by atoms with Gasteiger partial charge in [0.2, 0.25) is 0 Å². The number of hydrogen-bond acceptors (Lipinski definition) is 1. The summed E-state index contributed by atoms with van der Waals surface area (Å²) in [6.07, 6.45) is 0. The maximum Gasteiger partial charge on any atom is 0.0589 e. The fourth-order valence-electron chi connectivity index (χ4n) is 2.41. The molecule has 0 aromatic heterocycles. The minimum atomic E-state index is 0.0726. The minimum absolute atomic E-state index is 0.0726. The standard InChI is InChI=1S/C16H17Cl2N/c1-10-6-11(2)8-12(7-10)16(19-3)14-5-4-13(17)9-15(14)18/h4-9,16,19H,1-3H3. The van der Waals surface area contributed by atoms with Gasteiger partial charge in [-0.15, -0.1) is 0 Å². The first kappa shape index (κ1) is 14.4. The summed E-state index contributed by atoms with van der Waals surface area (Å²) >= 11 is 12.3. The van der Waals surface area contributed by atoms with Crippen molar-refractivity contribution in [2.75, 3.05) is 7.05 Å². The molecule has 0 bridgehead atoms. The first-order chi connectivity index (χ1) is 9.01. The molecular weight excluding hydrogens is 277 g/mol. The summed E-state index contributed by atoms with van der Waals surface area (Å²) in [7, 11) is 1.94. The summed E-state index contributed by atoms with van der Waals surface area (Å²) < 4.78 is 0. The second kappa shape index (κ2) is 5.96. The predicted molar refractivity (Wildman–Crippen MR) is 83.3 cm³/mol. The van der Waals surface area contributed by atoms with E-state index in [0.717, 1.165) is 5.56 Å². The van der Waals surface area contributed by atoms with Crippen LogP contribution in [0.2, 0.25) is 10.0 Å². The highest BCUT2D eigenvalue weighted by atomic mass is 35.5. The average Bonchev–Trinajstić information content (AvgIpc) is 2.31. The van der Waals surface area contributed by atoms with Gasteiger partial charge in [0.25, 0.3) is 0 Å². The molecule has 0 spiro atoms. The second-order valence-corrected chi connectivity index (χ2v) is 5.65. The van der Waals surface area contributed by atoms with Crippen LogP contribution >= 0.6 is 23.2 Å². The molecular formula is C16H17Cl2N. The van der Waals surface area contributed by atoms with Crippen molar-refractivity contribution in [2.45, 2.75) is 19.9 Å². The SMILES string of the molecule is CNC(c1cc(C)cc(C)c1)c1ccc(Cl)cc1Cl. The Bertz CT molecular complexity index is 573. The fraction of sp³-hybridized carbons (Fsp3) is 0.250. The van der Waals surface area contributed by atoms with Crippen molar-refractivity contribution < 1.29 is 0 Å². The minimum Gasteiger partial charge on any atom is -0.309 e. The number of aryl methyl sites for hydroxylation is 2. The van der Waals surface area contributed by atoms with E-state index in [4.69, 9.17) is 23.2 Å². The van der Waals surface area contributed by atoms with Crippen molar-refractivity contribution in [2.24, 2.45) is 0 Å². The Morgan fingerprint density at radius 1 is 0.947 bits per heavy atom. The molecule has 1 atom stereocenters. The van der Waals surface area contributed by atoms with Crippen molar-refractivity contribution >= 4 is 23.2 Å². The van der Waals surface area contributed by atoms with Crippen LogP contribution < -0.4 is 5.32 Å². The van der Waals surface area contributed by atoms with Gasteiger partial charge in [-0.05, 0) is 44.2 Å². The van der Waals surface area contributed by atoms with E-state index in [9.17, 15) is 0 Å². The molecule has 0 fully saturated rings. The molecule has 100 valence electrons.